The van der Waals surface area contributed by atoms with Gasteiger partial charge in [-0.3, -0.25) is 0 Å². The monoisotopic (exact) mass is 178 g/mol. The van der Waals surface area contributed by atoms with Crippen LogP contribution in [-0.2, 0) is 0 Å². The number of rotatable bonds is 5. The van der Waals surface area contributed by atoms with Crippen LogP contribution in [0.5, 0.6) is 0 Å². The first-order valence-electron chi connectivity index (χ1n) is 5.68. The van der Waals surface area contributed by atoms with Gasteiger partial charge in [-0.15, -0.1) is 0 Å². The summed E-state index contributed by atoms with van der Waals surface area (Å²) in [6.45, 7) is 4.50. The highest BCUT2D eigenvalue weighted by Gasteiger charge is 2.02. The minimum absolute atomic E-state index is 1.29. The summed E-state index contributed by atoms with van der Waals surface area (Å²) in [6, 6.07) is 0. The van der Waals surface area contributed by atoms with Crippen molar-refractivity contribution in [1.29, 1.82) is 0 Å². The van der Waals surface area contributed by atoms with E-state index < -0.39 is 0 Å². The van der Waals surface area contributed by atoms with Crippen LogP contribution in [0.2, 0.25) is 0 Å². The number of unbranched alkanes of at least 4 members (excludes halogenated alkanes) is 3. The van der Waals surface area contributed by atoms with Gasteiger partial charge >= 0.3 is 0 Å². The zero-order chi connectivity index (χ0) is 9.52. The summed E-state index contributed by atoms with van der Waals surface area (Å²) in [6.07, 6.45) is 14.1. The van der Waals surface area contributed by atoms with Crippen molar-refractivity contribution in [2.75, 3.05) is 0 Å². The molecule has 1 aliphatic carbocycles. The lowest BCUT2D eigenvalue weighted by molar-refractivity contribution is 0.651. The quantitative estimate of drug-likeness (QED) is 0.539. The topological polar surface area (TPSA) is 0 Å². The Kier molecular flexibility index (Phi) is 4.88. The van der Waals surface area contributed by atoms with E-state index in [9.17, 15) is 0 Å². The standard InChI is InChI=1S/C13H22/c1-3-4-5-6-7-13-10-8-12(2)9-11-13/h8,10H,3-7,9,11H2,1-2H3. The Bertz CT molecular complexity index is 196. The first-order chi connectivity index (χ1) is 6.33. The van der Waals surface area contributed by atoms with Crippen molar-refractivity contribution < 1.29 is 0 Å². The molecule has 0 spiro atoms. The summed E-state index contributed by atoms with van der Waals surface area (Å²) < 4.78 is 0. The van der Waals surface area contributed by atoms with Crippen LogP contribution < -0.4 is 0 Å². The van der Waals surface area contributed by atoms with Crippen LogP contribution in [0.1, 0.15) is 58.8 Å². The molecular formula is C13H22. The Balaban J connectivity index is 2.15. The van der Waals surface area contributed by atoms with Crippen LogP contribution in [0.15, 0.2) is 23.3 Å². The van der Waals surface area contributed by atoms with Crippen molar-refractivity contribution in [2.45, 2.75) is 58.8 Å². The highest BCUT2D eigenvalue weighted by Crippen LogP contribution is 2.22. The minimum atomic E-state index is 1.29. The SMILES string of the molecule is CCCCCCC1=CC=C(C)CC1. The van der Waals surface area contributed by atoms with E-state index in [0.717, 1.165) is 0 Å². The van der Waals surface area contributed by atoms with Gasteiger partial charge in [0, 0.05) is 0 Å². The molecule has 1 rings (SSSR count). The Morgan fingerprint density at radius 3 is 2.54 bits per heavy atom. The Hall–Kier alpha value is -0.520. The summed E-state index contributed by atoms with van der Waals surface area (Å²) in [7, 11) is 0. The molecule has 1 aliphatic rings. The highest BCUT2D eigenvalue weighted by atomic mass is 14.1. The van der Waals surface area contributed by atoms with Gasteiger partial charge in [0.15, 0.2) is 0 Å². The predicted molar refractivity (Wildman–Crippen MR) is 59.8 cm³/mol. The van der Waals surface area contributed by atoms with Crippen LogP contribution in [0.4, 0.5) is 0 Å². The second-order valence-electron chi connectivity index (χ2n) is 4.15. The fraction of sp³-hybridized carbons (Fsp3) is 0.692. The van der Waals surface area contributed by atoms with Gasteiger partial charge in [0.25, 0.3) is 0 Å². The van der Waals surface area contributed by atoms with E-state index in [2.05, 4.69) is 26.0 Å². The lowest BCUT2D eigenvalue weighted by atomic mass is 9.95. The van der Waals surface area contributed by atoms with Crippen LogP contribution >= 0.6 is 0 Å². The lowest BCUT2D eigenvalue weighted by Crippen LogP contribution is -1.91. The van der Waals surface area contributed by atoms with Crippen molar-refractivity contribution in [3.63, 3.8) is 0 Å². The molecule has 0 aliphatic heterocycles. The Morgan fingerprint density at radius 1 is 1.08 bits per heavy atom. The second-order valence-corrected chi connectivity index (χ2v) is 4.15. The third-order valence-electron chi connectivity index (χ3n) is 2.80. The zero-order valence-electron chi connectivity index (χ0n) is 9.10. The molecule has 0 atom stereocenters. The lowest BCUT2D eigenvalue weighted by Gasteiger charge is -2.11. The molecule has 0 nitrogen and oxygen atoms in total. The van der Waals surface area contributed by atoms with Gasteiger partial charge in [0.05, 0.1) is 0 Å². The number of allylic oxidation sites excluding steroid dienone is 4. The van der Waals surface area contributed by atoms with Gasteiger partial charge in [-0.25, -0.2) is 0 Å². The Labute approximate surface area is 82.7 Å². The molecule has 13 heavy (non-hydrogen) atoms. The molecule has 0 aromatic rings. The summed E-state index contributed by atoms with van der Waals surface area (Å²) in [4.78, 5) is 0. The van der Waals surface area contributed by atoms with E-state index in [1.54, 1.807) is 5.57 Å². The maximum absolute atomic E-state index is 2.34. The van der Waals surface area contributed by atoms with Gasteiger partial charge < -0.3 is 0 Å². The first-order valence-corrected chi connectivity index (χ1v) is 5.68. The fourth-order valence-corrected chi connectivity index (χ4v) is 1.77. The van der Waals surface area contributed by atoms with E-state index in [1.165, 1.54) is 50.5 Å². The summed E-state index contributed by atoms with van der Waals surface area (Å²) in [5, 5.41) is 0. The average Bonchev–Trinajstić information content (AvgIpc) is 2.15. The minimum Gasteiger partial charge on any atom is -0.0730 e. The second kappa shape index (κ2) is 6.01. The van der Waals surface area contributed by atoms with Gasteiger partial charge in [0.1, 0.15) is 0 Å². The largest absolute Gasteiger partial charge is 0.0730 e. The predicted octanol–water partition coefficient (Wildman–Crippen LogP) is 4.62. The third kappa shape index (κ3) is 4.31. The molecule has 0 saturated carbocycles. The fourth-order valence-electron chi connectivity index (χ4n) is 1.77. The first kappa shape index (κ1) is 10.6. The van der Waals surface area contributed by atoms with Gasteiger partial charge in [-0.2, -0.15) is 0 Å². The molecule has 0 aromatic heterocycles. The molecule has 0 N–H and O–H groups in total. The summed E-state index contributed by atoms with van der Waals surface area (Å²) in [5.74, 6) is 0. The van der Waals surface area contributed by atoms with Crippen molar-refractivity contribution in [3.8, 4) is 0 Å². The van der Waals surface area contributed by atoms with Crippen LogP contribution in [-0.4, -0.2) is 0 Å². The molecular weight excluding hydrogens is 156 g/mol. The molecule has 0 fully saturated rings. The molecule has 0 bridgehead atoms. The van der Waals surface area contributed by atoms with E-state index in [-0.39, 0.29) is 0 Å². The van der Waals surface area contributed by atoms with Gasteiger partial charge in [-0.1, -0.05) is 49.5 Å². The smallest absolute Gasteiger partial charge is 0.0280 e. The van der Waals surface area contributed by atoms with Crippen molar-refractivity contribution in [1.82, 2.24) is 0 Å². The molecule has 0 saturated heterocycles. The van der Waals surface area contributed by atoms with E-state index in [0.29, 0.717) is 0 Å². The normalized spacial score (nSPS) is 16.8. The Morgan fingerprint density at radius 2 is 1.92 bits per heavy atom. The molecule has 74 valence electrons. The van der Waals surface area contributed by atoms with Crippen LogP contribution in [0, 0.1) is 0 Å². The van der Waals surface area contributed by atoms with Crippen molar-refractivity contribution >= 4 is 0 Å². The van der Waals surface area contributed by atoms with Crippen LogP contribution in [0.25, 0.3) is 0 Å². The van der Waals surface area contributed by atoms with E-state index in [4.69, 9.17) is 0 Å². The molecule has 0 radical (unpaired) electrons. The highest BCUT2D eigenvalue weighted by molar-refractivity contribution is 5.22. The van der Waals surface area contributed by atoms with E-state index >= 15 is 0 Å². The molecule has 0 heterocycles. The number of hydrogen-bond donors (Lipinski definition) is 0. The van der Waals surface area contributed by atoms with E-state index in [1.807, 2.05) is 0 Å². The van der Waals surface area contributed by atoms with Gasteiger partial charge in [0.2, 0.25) is 0 Å². The number of hydrogen-bond acceptors (Lipinski definition) is 0. The zero-order valence-corrected chi connectivity index (χ0v) is 9.10. The maximum Gasteiger partial charge on any atom is -0.0280 e. The molecule has 0 amide bonds. The molecule has 0 aromatic carbocycles. The van der Waals surface area contributed by atoms with Gasteiger partial charge in [-0.05, 0) is 32.6 Å². The summed E-state index contributed by atoms with van der Waals surface area (Å²) >= 11 is 0. The van der Waals surface area contributed by atoms with Crippen molar-refractivity contribution in [3.05, 3.63) is 23.3 Å². The van der Waals surface area contributed by atoms with Crippen molar-refractivity contribution in [2.24, 2.45) is 0 Å². The molecule has 0 unspecified atom stereocenters. The summed E-state index contributed by atoms with van der Waals surface area (Å²) in [5.41, 5.74) is 3.21. The average molecular weight is 178 g/mol. The molecule has 0 heteroatoms. The van der Waals surface area contributed by atoms with Crippen LogP contribution in [0.3, 0.4) is 0 Å². The third-order valence-corrected chi connectivity index (χ3v) is 2.80. The maximum atomic E-state index is 2.34.